The molecule has 0 saturated carbocycles. The van der Waals surface area contributed by atoms with Crippen LogP contribution in [-0.4, -0.2) is 13.1 Å². The molecule has 0 spiro atoms. The quantitative estimate of drug-likeness (QED) is 0.294. The minimum atomic E-state index is -0.627. The zero-order valence-corrected chi connectivity index (χ0v) is 15.2. The fourth-order valence-electron chi connectivity index (χ4n) is 3.04. The summed E-state index contributed by atoms with van der Waals surface area (Å²) in [5.74, 6) is 0.425. The second-order valence-electron chi connectivity index (χ2n) is 6.14. The third-order valence-corrected chi connectivity index (χ3v) is 4.45. The minimum absolute atomic E-state index is 0.0904. The maximum atomic E-state index is 12.6. The lowest BCUT2D eigenvalue weighted by Gasteiger charge is -2.10. The molecule has 28 heavy (non-hydrogen) atoms. The number of esters is 1. The monoisotopic (exact) mass is 376 g/mol. The average molecular weight is 376 g/mol. The van der Waals surface area contributed by atoms with Gasteiger partial charge in [-0.1, -0.05) is 12.1 Å². The highest BCUT2D eigenvalue weighted by atomic mass is 16.5. The molecule has 6 nitrogen and oxygen atoms in total. The summed E-state index contributed by atoms with van der Waals surface area (Å²) in [5.41, 5.74) is 1.87. The van der Waals surface area contributed by atoms with Crippen molar-refractivity contribution >= 4 is 16.9 Å². The predicted octanol–water partition coefficient (Wildman–Crippen LogP) is 4.59. The molecule has 0 amide bonds. The third-order valence-electron chi connectivity index (χ3n) is 4.45. The summed E-state index contributed by atoms with van der Waals surface area (Å²) in [7, 11) is 1.58. The molecule has 0 fully saturated rings. The number of fused-ring (bicyclic) bond motifs is 1. The van der Waals surface area contributed by atoms with E-state index in [1.165, 1.54) is 18.4 Å². The molecule has 2 aromatic carbocycles. The van der Waals surface area contributed by atoms with Crippen molar-refractivity contribution in [2.75, 3.05) is 7.11 Å². The predicted molar refractivity (Wildman–Crippen MR) is 103 cm³/mol. The summed E-state index contributed by atoms with van der Waals surface area (Å²) < 4.78 is 20.9. The SMILES string of the molecule is COc1ccc(-c2c(C)c3ccc(OC(=O)c4ccco4)cc3oc2=O)cc1. The van der Waals surface area contributed by atoms with Gasteiger partial charge in [0.1, 0.15) is 17.1 Å². The smallest absolute Gasteiger partial charge is 0.379 e. The Morgan fingerprint density at radius 1 is 1.00 bits per heavy atom. The summed E-state index contributed by atoms with van der Waals surface area (Å²) in [5, 5.41) is 0.753. The Kier molecular flexibility index (Phi) is 4.45. The standard InChI is InChI=1S/C22H16O6/c1-13-17-10-9-16(27-21(23)18-4-3-11-26-18)12-19(17)28-22(24)20(13)14-5-7-15(25-2)8-6-14/h3-12H,1-2H3. The van der Waals surface area contributed by atoms with Gasteiger partial charge >= 0.3 is 11.6 Å². The molecular weight excluding hydrogens is 360 g/mol. The molecule has 4 aromatic rings. The topological polar surface area (TPSA) is 78.9 Å². The van der Waals surface area contributed by atoms with Crippen molar-refractivity contribution in [1.29, 1.82) is 0 Å². The summed E-state index contributed by atoms with van der Waals surface area (Å²) >= 11 is 0. The van der Waals surface area contributed by atoms with E-state index < -0.39 is 11.6 Å². The largest absolute Gasteiger partial charge is 0.497 e. The van der Waals surface area contributed by atoms with Gasteiger partial charge in [0, 0.05) is 11.5 Å². The number of carbonyl (C=O) groups is 1. The van der Waals surface area contributed by atoms with E-state index in [0.717, 1.165) is 16.5 Å². The Labute approximate surface area is 159 Å². The third kappa shape index (κ3) is 3.16. The first-order chi connectivity index (χ1) is 13.6. The van der Waals surface area contributed by atoms with Gasteiger partial charge in [0.15, 0.2) is 0 Å². The fourth-order valence-corrected chi connectivity index (χ4v) is 3.04. The maximum absolute atomic E-state index is 12.6. The summed E-state index contributed by atoms with van der Waals surface area (Å²) in [4.78, 5) is 24.6. The first-order valence-corrected chi connectivity index (χ1v) is 8.54. The van der Waals surface area contributed by atoms with Gasteiger partial charge in [-0.3, -0.25) is 0 Å². The first-order valence-electron chi connectivity index (χ1n) is 8.54. The molecule has 6 heteroatoms. The van der Waals surface area contributed by atoms with E-state index >= 15 is 0 Å². The summed E-state index contributed by atoms with van der Waals surface area (Å²) in [6.07, 6.45) is 1.39. The second-order valence-corrected chi connectivity index (χ2v) is 6.14. The lowest BCUT2D eigenvalue weighted by Crippen LogP contribution is -2.08. The van der Waals surface area contributed by atoms with E-state index in [2.05, 4.69) is 0 Å². The van der Waals surface area contributed by atoms with Crippen LogP contribution in [0.4, 0.5) is 0 Å². The van der Waals surface area contributed by atoms with Gasteiger partial charge in [0.2, 0.25) is 5.76 Å². The number of hydrogen-bond acceptors (Lipinski definition) is 6. The van der Waals surface area contributed by atoms with Crippen molar-refractivity contribution in [3.63, 3.8) is 0 Å². The van der Waals surface area contributed by atoms with E-state index in [1.54, 1.807) is 37.4 Å². The van der Waals surface area contributed by atoms with Crippen LogP contribution in [0.2, 0.25) is 0 Å². The molecule has 2 aromatic heterocycles. The number of benzene rings is 2. The summed E-state index contributed by atoms with van der Waals surface area (Å²) in [6.45, 7) is 1.85. The lowest BCUT2D eigenvalue weighted by atomic mass is 9.99. The molecule has 0 N–H and O–H groups in total. The zero-order chi connectivity index (χ0) is 19.7. The van der Waals surface area contributed by atoms with Crippen LogP contribution in [-0.2, 0) is 0 Å². The number of ether oxygens (including phenoxy) is 2. The molecular formula is C22H16O6. The van der Waals surface area contributed by atoms with Gasteiger partial charge in [0.25, 0.3) is 0 Å². The van der Waals surface area contributed by atoms with Crippen molar-refractivity contribution in [2.24, 2.45) is 0 Å². The van der Waals surface area contributed by atoms with Gasteiger partial charge in [-0.2, -0.15) is 0 Å². The van der Waals surface area contributed by atoms with Gasteiger partial charge < -0.3 is 18.3 Å². The zero-order valence-electron chi connectivity index (χ0n) is 15.2. The highest BCUT2D eigenvalue weighted by Crippen LogP contribution is 2.30. The molecule has 0 bridgehead atoms. The molecule has 0 aliphatic carbocycles. The Morgan fingerprint density at radius 3 is 2.43 bits per heavy atom. The summed E-state index contributed by atoms with van der Waals surface area (Å²) in [6, 6.07) is 15.2. The van der Waals surface area contributed by atoms with Crippen LogP contribution >= 0.6 is 0 Å². The second kappa shape index (κ2) is 7.08. The van der Waals surface area contributed by atoms with Crippen molar-refractivity contribution < 1.29 is 23.1 Å². The number of rotatable bonds is 4. The van der Waals surface area contributed by atoms with Gasteiger partial charge in [-0.25, -0.2) is 9.59 Å². The molecule has 4 rings (SSSR count). The fraction of sp³-hybridized carbons (Fsp3) is 0.0909. The Hall–Kier alpha value is -3.80. The Balaban J connectivity index is 1.73. The van der Waals surface area contributed by atoms with E-state index in [0.29, 0.717) is 16.9 Å². The number of furan rings is 1. The number of methoxy groups -OCH3 is 1. The van der Waals surface area contributed by atoms with E-state index in [1.807, 2.05) is 19.1 Å². The van der Waals surface area contributed by atoms with Crippen LogP contribution in [0.5, 0.6) is 11.5 Å². The molecule has 0 radical (unpaired) electrons. The van der Waals surface area contributed by atoms with Gasteiger partial charge in [-0.15, -0.1) is 0 Å². The van der Waals surface area contributed by atoms with Gasteiger partial charge in [-0.05, 0) is 54.4 Å². The highest BCUT2D eigenvalue weighted by molar-refractivity contribution is 5.90. The molecule has 0 saturated heterocycles. The van der Waals surface area contributed by atoms with Crippen molar-refractivity contribution in [3.8, 4) is 22.6 Å². The molecule has 0 atom stereocenters. The Morgan fingerprint density at radius 2 is 1.75 bits per heavy atom. The average Bonchev–Trinajstić information content (AvgIpc) is 3.23. The molecule has 140 valence electrons. The molecule has 0 aliphatic heterocycles. The maximum Gasteiger partial charge on any atom is 0.379 e. The van der Waals surface area contributed by atoms with E-state index in [-0.39, 0.29) is 11.5 Å². The van der Waals surface area contributed by atoms with Crippen LogP contribution in [0, 0.1) is 6.92 Å². The minimum Gasteiger partial charge on any atom is -0.497 e. The van der Waals surface area contributed by atoms with Crippen LogP contribution in [0.15, 0.2) is 74.5 Å². The van der Waals surface area contributed by atoms with E-state index in [4.69, 9.17) is 18.3 Å². The van der Waals surface area contributed by atoms with Gasteiger partial charge in [0.05, 0.1) is 18.9 Å². The molecule has 2 heterocycles. The number of hydrogen-bond donors (Lipinski definition) is 0. The normalized spacial score (nSPS) is 10.8. The van der Waals surface area contributed by atoms with Crippen LogP contribution < -0.4 is 15.1 Å². The van der Waals surface area contributed by atoms with Crippen molar-refractivity contribution in [1.82, 2.24) is 0 Å². The highest BCUT2D eigenvalue weighted by Gasteiger charge is 2.16. The molecule has 0 aliphatic rings. The van der Waals surface area contributed by atoms with Crippen LogP contribution in [0.3, 0.4) is 0 Å². The van der Waals surface area contributed by atoms with Crippen molar-refractivity contribution in [2.45, 2.75) is 6.92 Å². The van der Waals surface area contributed by atoms with Crippen LogP contribution in [0.25, 0.3) is 22.1 Å². The first kappa shape index (κ1) is 17.6. The van der Waals surface area contributed by atoms with Crippen molar-refractivity contribution in [3.05, 3.63) is 82.6 Å². The Bertz CT molecular complexity index is 1200. The van der Waals surface area contributed by atoms with Crippen LogP contribution in [0.1, 0.15) is 16.1 Å². The number of carbonyl (C=O) groups excluding carboxylic acids is 1. The van der Waals surface area contributed by atoms with E-state index in [9.17, 15) is 9.59 Å². The number of aryl methyl sites for hydroxylation is 1. The molecule has 0 unspecified atom stereocenters. The lowest BCUT2D eigenvalue weighted by molar-refractivity contribution is 0.0701.